The van der Waals surface area contributed by atoms with Crippen LogP contribution in [0.15, 0.2) is 66.9 Å². The lowest BCUT2D eigenvalue weighted by Crippen LogP contribution is -1.95. The van der Waals surface area contributed by atoms with E-state index in [1.807, 2.05) is 47.2 Å². The van der Waals surface area contributed by atoms with E-state index < -0.39 is 0 Å². The maximum absolute atomic E-state index is 13.0. The Morgan fingerprint density at radius 1 is 1.04 bits per heavy atom. The van der Waals surface area contributed by atoms with Gasteiger partial charge in [-0.25, -0.2) is 4.39 Å². The van der Waals surface area contributed by atoms with Gasteiger partial charge in [-0.15, -0.1) is 0 Å². The van der Waals surface area contributed by atoms with Crippen LogP contribution in [0.5, 0.6) is 0 Å². The van der Waals surface area contributed by atoms with Crippen LogP contribution in [-0.2, 0) is 0 Å². The number of allylic oxidation sites excluding steroid dienone is 1. The summed E-state index contributed by atoms with van der Waals surface area (Å²) in [6, 6.07) is 19.3. The highest BCUT2D eigenvalue weighted by molar-refractivity contribution is 6.30. The van der Waals surface area contributed by atoms with Gasteiger partial charge in [0.2, 0.25) is 0 Å². The van der Waals surface area contributed by atoms with Crippen LogP contribution in [0.4, 0.5) is 4.39 Å². The number of hydrogen-bond acceptors (Lipinski definition) is 1. The van der Waals surface area contributed by atoms with E-state index in [9.17, 15) is 9.65 Å². The predicted molar refractivity (Wildman–Crippen MR) is 90.7 cm³/mol. The summed E-state index contributed by atoms with van der Waals surface area (Å²) in [6.07, 6.45) is 3.69. The normalized spacial score (nSPS) is 11.3. The first-order chi connectivity index (χ1) is 11.2. The van der Waals surface area contributed by atoms with Crippen LogP contribution in [0.3, 0.4) is 0 Å². The van der Waals surface area contributed by atoms with Gasteiger partial charge < -0.3 is 4.57 Å². The van der Waals surface area contributed by atoms with Crippen molar-refractivity contribution in [1.29, 1.82) is 5.26 Å². The van der Waals surface area contributed by atoms with Crippen LogP contribution < -0.4 is 0 Å². The highest BCUT2D eigenvalue weighted by Gasteiger charge is 2.05. The van der Waals surface area contributed by atoms with Crippen molar-refractivity contribution in [3.05, 3.63) is 89.0 Å². The Kier molecular flexibility index (Phi) is 4.27. The number of rotatable bonds is 3. The molecule has 0 bridgehead atoms. The first-order valence-corrected chi connectivity index (χ1v) is 7.36. The molecule has 23 heavy (non-hydrogen) atoms. The summed E-state index contributed by atoms with van der Waals surface area (Å²) in [6.45, 7) is 0. The molecule has 0 aliphatic rings. The third kappa shape index (κ3) is 3.33. The quantitative estimate of drug-likeness (QED) is 0.599. The maximum atomic E-state index is 13.0. The minimum Gasteiger partial charge on any atom is -0.317 e. The molecule has 0 N–H and O–H groups in total. The molecule has 0 fully saturated rings. The lowest BCUT2D eigenvalue weighted by molar-refractivity contribution is 0.627. The van der Waals surface area contributed by atoms with E-state index in [4.69, 9.17) is 11.6 Å². The Hall–Kier alpha value is -2.83. The summed E-state index contributed by atoms with van der Waals surface area (Å²) in [5.74, 6) is -0.324. The fourth-order valence-corrected chi connectivity index (χ4v) is 2.43. The Labute approximate surface area is 138 Å². The zero-order chi connectivity index (χ0) is 16.2. The third-order valence-electron chi connectivity index (χ3n) is 3.45. The Bertz CT molecular complexity index is 884. The predicted octanol–water partition coefficient (Wildman–Crippen LogP) is 5.33. The van der Waals surface area contributed by atoms with Gasteiger partial charge in [0.15, 0.2) is 0 Å². The van der Waals surface area contributed by atoms with Crippen molar-refractivity contribution in [2.75, 3.05) is 0 Å². The first-order valence-electron chi connectivity index (χ1n) is 6.98. The molecule has 112 valence electrons. The molecule has 2 nitrogen and oxygen atoms in total. The van der Waals surface area contributed by atoms with Gasteiger partial charge in [0.05, 0.1) is 11.6 Å². The van der Waals surface area contributed by atoms with E-state index in [1.54, 1.807) is 18.2 Å². The molecule has 0 aliphatic carbocycles. The van der Waals surface area contributed by atoms with Crippen molar-refractivity contribution in [3.8, 4) is 11.8 Å². The van der Waals surface area contributed by atoms with Crippen LogP contribution >= 0.6 is 11.6 Å². The van der Waals surface area contributed by atoms with Gasteiger partial charge in [0.1, 0.15) is 5.82 Å². The second kappa shape index (κ2) is 6.51. The lowest BCUT2D eigenvalue weighted by atomic mass is 10.1. The maximum Gasteiger partial charge on any atom is 0.123 e. The zero-order valence-electron chi connectivity index (χ0n) is 12.1. The van der Waals surface area contributed by atoms with E-state index in [-0.39, 0.29) is 5.82 Å². The Morgan fingerprint density at radius 3 is 2.39 bits per heavy atom. The average Bonchev–Trinajstić information content (AvgIpc) is 3.02. The molecule has 0 atom stereocenters. The van der Waals surface area contributed by atoms with Gasteiger partial charge in [-0.3, -0.25) is 0 Å². The molecule has 0 unspecified atom stereocenters. The number of hydrogen-bond donors (Lipinski definition) is 0. The number of halogens is 2. The van der Waals surface area contributed by atoms with Gasteiger partial charge in [0, 0.05) is 22.6 Å². The Balaban J connectivity index is 2.02. The van der Waals surface area contributed by atoms with Crippen LogP contribution in [-0.4, -0.2) is 4.57 Å². The number of aromatic nitrogens is 1. The molecule has 1 heterocycles. The zero-order valence-corrected chi connectivity index (χ0v) is 12.8. The highest BCUT2D eigenvalue weighted by Crippen LogP contribution is 2.21. The van der Waals surface area contributed by atoms with Crippen LogP contribution in [0.2, 0.25) is 5.02 Å². The number of nitrogens with zero attached hydrogens (tertiary/aromatic N) is 2. The second-order valence-electron chi connectivity index (χ2n) is 4.96. The van der Waals surface area contributed by atoms with Crippen LogP contribution in [0.25, 0.3) is 17.3 Å². The smallest absolute Gasteiger partial charge is 0.123 e. The van der Waals surface area contributed by atoms with Gasteiger partial charge in [-0.05, 0) is 60.2 Å². The summed E-state index contributed by atoms with van der Waals surface area (Å²) in [7, 11) is 0. The summed E-state index contributed by atoms with van der Waals surface area (Å²) in [5.41, 5.74) is 2.95. The summed E-state index contributed by atoms with van der Waals surface area (Å²) in [5, 5.41) is 10.1. The lowest BCUT2D eigenvalue weighted by Gasteiger charge is -2.07. The first kappa shape index (κ1) is 15.1. The van der Waals surface area contributed by atoms with E-state index >= 15 is 0 Å². The van der Waals surface area contributed by atoms with Crippen molar-refractivity contribution < 1.29 is 4.39 Å². The second-order valence-corrected chi connectivity index (χ2v) is 5.39. The molecule has 0 aliphatic heterocycles. The molecule has 0 amide bonds. The van der Waals surface area contributed by atoms with Crippen LogP contribution in [0, 0.1) is 17.1 Å². The fourth-order valence-electron chi connectivity index (χ4n) is 2.31. The van der Waals surface area contributed by atoms with E-state index in [0.29, 0.717) is 16.2 Å². The molecular formula is C19H12ClFN2. The van der Waals surface area contributed by atoms with E-state index in [2.05, 4.69) is 6.07 Å². The summed E-state index contributed by atoms with van der Waals surface area (Å²) in [4.78, 5) is 0. The van der Waals surface area contributed by atoms with Gasteiger partial charge in [-0.1, -0.05) is 23.7 Å². The van der Waals surface area contributed by atoms with Crippen molar-refractivity contribution >= 4 is 23.3 Å². The van der Waals surface area contributed by atoms with Crippen molar-refractivity contribution in [3.63, 3.8) is 0 Å². The molecule has 0 saturated carbocycles. The topological polar surface area (TPSA) is 28.7 Å². The molecular weight excluding hydrogens is 311 g/mol. The molecule has 0 radical (unpaired) electrons. The van der Waals surface area contributed by atoms with E-state index in [0.717, 1.165) is 11.4 Å². The van der Waals surface area contributed by atoms with E-state index in [1.165, 1.54) is 12.1 Å². The molecule has 0 saturated heterocycles. The monoisotopic (exact) mass is 322 g/mol. The SMILES string of the molecule is N#C/C(=C/c1cccn1-c1ccc(Cl)cc1)c1ccc(F)cc1. The summed E-state index contributed by atoms with van der Waals surface area (Å²) >= 11 is 5.92. The van der Waals surface area contributed by atoms with Crippen LogP contribution in [0.1, 0.15) is 11.3 Å². The van der Waals surface area contributed by atoms with Crippen molar-refractivity contribution in [2.45, 2.75) is 0 Å². The molecule has 3 rings (SSSR count). The molecule has 4 heteroatoms. The average molecular weight is 323 g/mol. The van der Waals surface area contributed by atoms with Crippen molar-refractivity contribution in [1.82, 2.24) is 4.57 Å². The van der Waals surface area contributed by atoms with Gasteiger partial charge in [0.25, 0.3) is 0 Å². The fraction of sp³-hybridized carbons (Fsp3) is 0. The summed E-state index contributed by atoms with van der Waals surface area (Å²) < 4.78 is 15.0. The molecule has 0 spiro atoms. The van der Waals surface area contributed by atoms with Crippen molar-refractivity contribution in [2.24, 2.45) is 0 Å². The van der Waals surface area contributed by atoms with Gasteiger partial charge in [-0.2, -0.15) is 5.26 Å². The molecule has 2 aromatic carbocycles. The standard InChI is InChI=1S/C19H12ClFN2/c20-16-5-9-18(10-6-16)23-11-1-2-19(23)12-15(13-22)14-3-7-17(21)8-4-14/h1-12H/b15-12-. The minimum absolute atomic E-state index is 0.324. The minimum atomic E-state index is -0.324. The highest BCUT2D eigenvalue weighted by atomic mass is 35.5. The Morgan fingerprint density at radius 2 is 1.74 bits per heavy atom. The number of benzene rings is 2. The third-order valence-corrected chi connectivity index (χ3v) is 3.70. The molecule has 1 aromatic heterocycles. The largest absolute Gasteiger partial charge is 0.317 e. The van der Waals surface area contributed by atoms with Gasteiger partial charge >= 0.3 is 0 Å². The molecule has 3 aromatic rings. The number of nitriles is 1.